The number of hydrogen-bond acceptors (Lipinski definition) is 3. The topological polar surface area (TPSA) is 58.6 Å². The highest BCUT2D eigenvalue weighted by atomic mass is 79.9. The molecule has 0 bridgehead atoms. The van der Waals surface area contributed by atoms with Crippen molar-refractivity contribution < 1.29 is 14.3 Å². The molecule has 1 heterocycles. The molecule has 5 nitrogen and oxygen atoms in total. The van der Waals surface area contributed by atoms with Gasteiger partial charge in [0.15, 0.2) is 6.61 Å². The lowest BCUT2D eigenvalue weighted by atomic mass is 9.98. The predicted octanol–water partition coefficient (Wildman–Crippen LogP) is 4.96. The van der Waals surface area contributed by atoms with Crippen LogP contribution in [0.2, 0.25) is 0 Å². The Morgan fingerprint density at radius 1 is 1.10 bits per heavy atom. The lowest BCUT2D eigenvalue weighted by Gasteiger charge is -2.30. The zero-order valence-electron chi connectivity index (χ0n) is 17.1. The molecule has 1 saturated heterocycles. The minimum absolute atomic E-state index is 0.0549. The molecule has 1 fully saturated rings. The normalized spacial score (nSPS) is 14.6. The van der Waals surface area contributed by atoms with Crippen LogP contribution < -0.4 is 10.1 Å². The third kappa shape index (κ3) is 5.60. The molecule has 0 aliphatic carbocycles. The van der Waals surface area contributed by atoms with Crippen molar-refractivity contribution in [1.29, 1.82) is 0 Å². The fraction of sp³-hybridized carbons (Fsp3) is 0.391. The highest BCUT2D eigenvalue weighted by molar-refractivity contribution is 9.10. The third-order valence-electron chi connectivity index (χ3n) is 5.26. The molecule has 2 aromatic rings. The van der Waals surface area contributed by atoms with E-state index >= 15 is 0 Å². The summed E-state index contributed by atoms with van der Waals surface area (Å²) < 4.78 is 6.70. The quantitative estimate of drug-likeness (QED) is 0.688. The molecule has 0 atom stereocenters. The van der Waals surface area contributed by atoms with Crippen LogP contribution in [-0.2, 0) is 4.79 Å². The van der Waals surface area contributed by atoms with Crippen LogP contribution in [-0.4, -0.2) is 36.4 Å². The SMILES string of the molecule is Cc1cc(Br)cc(C)c1OCC(=O)Nc1ccc(C(=O)N2CCC(C)CC2)cc1. The van der Waals surface area contributed by atoms with Gasteiger partial charge in [0.05, 0.1) is 0 Å². The third-order valence-corrected chi connectivity index (χ3v) is 5.72. The number of benzene rings is 2. The molecular weight excluding hydrogens is 432 g/mol. The summed E-state index contributed by atoms with van der Waals surface area (Å²) in [5.41, 5.74) is 3.24. The number of rotatable bonds is 5. The number of anilines is 1. The number of halogens is 1. The summed E-state index contributed by atoms with van der Waals surface area (Å²) in [6, 6.07) is 11.0. The van der Waals surface area contributed by atoms with E-state index in [2.05, 4.69) is 28.2 Å². The van der Waals surface area contributed by atoms with Crippen molar-refractivity contribution >= 4 is 33.4 Å². The van der Waals surface area contributed by atoms with Gasteiger partial charge in [0.1, 0.15) is 5.75 Å². The van der Waals surface area contributed by atoms with E-state index in [-0.39, 0.29) is 18.4 Å². The first-order chi connectivity index (χ1) is 13.8. The molecule has 0 saturated carbocycles. The van der Waals surface area contributed by atoms with Crippen LogP contribution in [0.1, 0.15) is 41.3 Å². The second kappa shape index (κ2) is 9.44. The van der Waals surface area contributed by atoms with Crippen molar-refractivity contribution in [2.45, 2.75) is 33.6 Å². The average Bonchev–Trinajstić information content (AvgIpc) is 2.68. The van der Waals surface area contributed by atoms with Crippen LogP contribution >= 0.6 is 15.9 Å². The second-order valence-electron chi connectivity index (χ2n) is 7.76. The number of amides is 2. The molecular formula is C23H27BrN2O3. The van der Waals surface area contributed by atoms with E-state index in [0.717, 1.165) is 47.3 Å². The smallest absolute Gasteiger partial charge is 0.262 e. The minimum Gasteiger partial charge on any atom is -0.483 e. The summed E-state index contributed by atoms with van der Waals surface area (Å²) in [5, 5.41) is 2.82. The Balaban J connectivity index is 1.54. The minimum atomic E-state index is -0.240. The lowest BCUT2D eigenvalue weighted by molar-refractivity contribution is -0.118. The molecule has 2 aromatic carbocycles. The van der Waals surface area contributed by atoms with Gasteiger partial charge in [-0.2, -0.15) is 0 Å². The maximum atomic E-state index is 12.6. The Kier molecular flexibility index (Phi) is 6.96. The van der Waals surface area contributed by atoms with Crippen LogP contribution in [0.25, 0.3) is 0 Å². The molecule has 0 unspecified atom stereocenters. The van der Waals surface area contributed by atoms with Crippen LogP contribution in [0, 0.1) is 19.8 Å². The molecule has 29 heavy (non-hydrogen) atoms. The number of piperidine rings is 1. The number of carbonyl (C=O) groups excluding carboxylic acids is 2. The Bertz CT molecular complexity index is 864. The van der Waals surface area contributed by atoms with E-state index in [1.807, 2.05) is 30.9 Å². The van der Waals surface area contributed by atoms with E-state index in [1.54, 1.807) is 24.3 Å². The van der Waals surface area contributed by atoms with Crippen LogP contribution in [0.15, 0.2) is 40.9 Å². The van der Waals surface area contributed by atoms with Gasteiger partial charge in [-0.1, -0.05) is 22.9 Å². The van der Waals surface area contributed by atoms with Gasteiger partial charge >= 0.3 is 0 Å². The highest BCUT2D eigenvalue weighted by Crippen LogP contribution is 2.27. The summed E-state index contributed by atoms with van der Waals surface area (Å²) in [6.07, 6.45) is 2.11. The molecule has 1 N–H and O–H groups in total. The van der Waals surface area contributed by atoms with E-state index in [4.69, 9.17) is 4.74 Å². The molecule has 3 rings (SSSR count). The first-order valence-electron chi connectivity index (χ1n) is 9.92. The van der Waals surface area contributed by atoms with Crippen molar-refractivity contribution in [2.24, 2.45) is 5.92 Å². The number of nitrogens with one attached hydrogen (secondary N) is 1. The monoisotopic (exact) mass is 458 g/mol. The second-order valence-corrected chi connectivity index (χ2v) is 8.67. The molecule has 6 heteroatoms. The van der Waals surface area contributed by atoms with Crippen LogP contribution in [0.4, 0.5) is 5.69 Å². The zero-order valence-corrected chi connectivity index (χ0v) is 18.7. The summed E-state index contributed by atoms with van der Waals surface area (Å²) in [5.74, 6) is 1.22. The molecule has 1 aliphatic heterocycles. The zero-order chi connectivity index (χ0) is 21.0. The van der Waals surface area contributed by atoms with Gasteiger partial charge in [0, 0.05) is 28.8 Å². The van der Waals surface area contributed by atoms with Crippen molar-refractivity contribution in [1.82, 2.24) is 4.90 Å². The van der Waals surface area contributed by atoms with Gasteiger partial charge in [-0.25, -0.2) is 0 Å². The number of hydrogen-bond donors (Lipinski definition) is 1. The fourth-order valence-corrected chi connectivity index (χ4v) is 4.24. The Hall–Kier alpha value is -2.34. The Labute approximate surface area is 180 Å². The number of carbonyl (C=O) groups is 2. The van der Waals surface area contributed by atoms with Gasteiger partial charge in [0.25, 0.3) is 11.8 Å². The van der Waals surface area contributed by atoms with Gasteiger partial charge in [-0.05, 0) is 80.1 Å². The van der Waals surface area contributed by atoms with Crippen LogP contribution in [0.3, 0.4) is 0 Å². The first kappa shape index (κ1) is 21.4. The molecule has 2 amide bonds. The summed E-state index contributed by atoms with van der Waals surface area (Å²) in [6.45, 7) is 7.67. The fourth-order valence-electron chi connectivity index (χ4n) is 3.55. The lowest BCUT2D eigenvalue weighted by Crippen LogP contribution is -2.37. The predicted molar refractivity (Wildman–Crippen MR) is 118 cm³/mol. The van der Waals surface area contributed by atoms with E-state index in [9.17, 15) is 9.59 Å². The van der Waals surface area contributed by atoms with E-state index < -0.39 is 0 Å². The number of likely N-dealkylation sites (tertiary alicyclic amines) is 1. The first-order valence-corrected chi connectivity index (χ1v) is 10.7. The number of ether oxygens (including phenoxy) is 1. The van der Waals surface area contributed by atoms with Gasteiger partial charge in [-0.3, -0.25) is 9.59 Å². The number of aryl methyl sites for hydroxylation is 2. The summed E-state index contributed by atoms with van der Waals surface area (Å²) in [7, 11) is 0. The van der Waals surface area contributed by atoms with Gasteiger partial charge in [0.2, 0.25) is 0 Å². The number of nitrogens with zero attached hydrogens (tertiary/aromatic N) is 1. The Morgan fingerprint density at radius 3 is 2.28 bits per heavy atom. The van der Waals surface area contributed by atoms with Crippen molar-refractivity contribution in [3.63, 3.8) is 0 Å². The largest absolute Gasteiger partial charge is 0.483 e. The molecule has 1 aliphatic rings. The van der Waals surface area contributed by atoms with E-state index in [1.165, 1.54) is 0 Å². The summed E-state index contributed by atoms with van der Waals surface area (Å²) in [4.78, 5) is 26.8. The van der Waals surface area contributed by atoms with Gasteiger partial charge in [-0.15, -0.1) is 0 Å². The van der Waals surface area contributed by atoms with Crippen LogP contribution in [0.5, 0.6) is 5.75 Å². The molecule has 154 valence electrons. The van der Waals surface area contributed by atoms with E-state index in [0.29, 0.717) is 17.2 Å². The van der Waals surface area contributed by atoms with Crippen molar-refractivity contribution in [2.75, 3.05) is 25.0 Å². The maximum Gasteiger partial charge on any atom is 0.262 e. The molecule has 0 aromatic heterocycles. The van der Waals surface area contributed by atoms with Gasteiger partial charge < -0.3 is 15.0 Å². The highest BCUT2D eigenvalue weighted by Gasteiger charge is 2.21. The standard InChI is InChI=1S/C23H27BrN2O3/c1-15-8-10-26(11-9-15)23(28)18-4-6-20(7-5-18)25-21(27)14-29-22-16(2)12-19(24)13-17(22)3/h4-7,12-13,15H,8-11,14H2,1-3H3,(H,25,27). The average molecular weight is 459 g/mol. The maximum absolute atomic E-state index is 12.6. The van der Waals surface area contributed by atoms with Crippen molar-refractivity contribution in [3.8, 4) is 5.75 Å². The summed E-state index contributed by atoms with van der Waals surface area (Å²) >= 11 is 3.45. The molecule has 0 radical (unpaired) electrons. The Morgan fingerprint density at radius 2 is 1.69 bits per heavy atom. The molecule has 0 spiro atoms. The van der Waals surface area contributed by atoms with Crippen molar-refractivity contribution in [3.05, 3.63) is 57.6 Å².